The first kappa shape index (κ1) is 12.7. The number of aryl methyl sites for hydroxylation is 2. The van der Waals surface area contributed by atoms with Gasteiger partial charge in [-0.15, -0.1) is 0 Å². The van der Waals surface area contributed by atoms with Crippen molar-refractivity contribution in [3.05, 3.63) is 65.2 Å². The Morgan fingerprint density at radius 2 is 1.61 bits per heavy atom. The molecule has 1 amide bonds. The van der Waals surface area contributed by atoms with Crippen LogP contribution < -0.4 is 4.72 Å². The standard InChI is InChI=1S/C15H15NOS/c1-11-8-12(2)10-14(9-11)18-16-15(17)13-6-4-3-5-7-13/h3-10H,1-2H3,(H,16,17). The third-order valence-electron chi connectivity index (χ3n) is 2.49. The van der Waals surface area contributed by atoms with E-state index in [1.807, 2.05) is 18.2 Å². The summed E-state index contributed by atoms with van der Waals surface area (Å²) in [6.45, 7) is 4.10. The topological polar surface area (TPSA) is 29.1 Å². The van der Waals surface area contributed by atoms with Crippen molar-refractivity contribution in [1.29, 1.82) is 0 Å². The summed E-state index contributed by atoms with van der Waals surface area (Å²) in [5.41, 5.74) is 3.08. The molecule has 0 aliphatic carbocycles. The molecule has 2 nitrogen and oxygen atoms in total. The Morgan fingerprint density at radius 3 is 2.22 bits per heavy atom. The lowest BCUT2D eigenvalue weighted by Gasteiger charge is -2.06. The summed E-state index contributed by atoms with van der Waals surface area (Å²) < 4.78 is 2.85. The molecule has 0 aliphatic rings. The Hall–Kier alpha value is -1.74. The summed E-state index contributed by atoms with van der Waals surface area (Å²) in [7, 11) is 0. The van der Waals surface area contributed by atoms with E-state index in [0.29, 0.717) is 5.56 Å². The molecular weight excluding hydrogens is 242 g/mol. The number of rotatable bonds is 3. The van der Waals surface area contributed by atoms with Crippen LogP contribution >= 0.6 is 11.9 Å². The minimum absolute atomic E-state index is 0.0697. The fraction of sp³-hybridized carbons (Fsp3) is 0.133. The molecule has 2 rings (SSSR count). The van der Waals surface area contributed by atoms with Gasteiger partial charge in [0.1, 0.15) is 0 Å². The maximum atomic E-state index is 11.9. The molecule has 0 bridgehead atoms. The van der Waals surface area contributed by atoms with Crippen LogP contribution in [-0.4, -0.2) is 5.91 Å². The molecule has 0 spiro atoms. The number of hydrogen-bond donors (Lipinski definition) is 1. The summed E-state index contributed by atoms with van der Waals surface area (Å²) in [5.74, 6) is -0.0697. The third kappa shape index (κ3) is 3.37. The molecule has 0 saturated heterocycles. The van der Waals surface area contributed by atoms with Gasteiger partial charge >= 0.3 is 0 Å². The Kier molecular flexibility index (Phi) is 4.05. The molecule has 0 unspecified atom stereocenters. The number of hydrogen-bond acceptors (Lipinski definition) is 2. The molecule has 92 valence electrons. The van der Waals surface area contributed by atoms with Gasteiger partial charge in [0.2, 0.25) is 0 Å². The fourth-order valence-electron chi connectivity index (χ4n) is 1.75. The van der Waals surface area contributed by atoms with Crippen molar-refractivity contribution >= 4 is 17.9 Å². The molecule has 0 fully saturated rings. The molecule has 2 aromatic carbocycles. The molecule has 2 aromatic rings. The van der Waals surface area contributed by atoms with E-state index in [4.69, 9.17) is 0 Å². The van der Waals surface area contributed by atoms with Crippen molar-refractivity contribution in [3.8, 4) is 0 Å². The predicted molar refractivity (Wildman–Crippen MR) is 75.7 cm³/mol. The van der Waals surface area contributed by atoms with Gasteiger partial charge in [-0.1, -0.05) is 24.3 Å². The maximum Gasteiger partial charge on any atom is 0.261 e. The van der Waals surface area contributed by atoms with Crippen LogP contribution in [0.2, 0.25) is 0 Å². The van der Waals surface area contributed by atoms with Crippen molar-refractivity contribution in [2.45, 2.75) is 18.7 Å². The minimum Gasteiger partial charge on any atom is -0.292 e. The zero-order valence-electron chi connectivity index (χ0n) is 10.4. The molecule has 0 atom stereocenters. The van der Waals surface area contributed by atoms with E-state index in [2.05, 4.69) is 36.8 Å². The van der Waals surface area contributed by atoms with E-state index in [1.165, 1.54) is 23.1 Å². The maximum absolute atomic E-state index is 11.9. The van der Waals surface area contributed by atoms with Crippen molar-refractivity contribution < 1.29 is 4.79 Å². The fourth-order valence-corrected chi connectivity index (χ4v) is 2.56. The molecule has 18 heavy (non-hydrogen) atoms. The summed E-state index contributed by atoms with van der Waals surface area (Å²) in [5, 5.41) is 0. The SMILES string of the molecule is Cc1cc(C)cc(SNC(=O)c2ccccc2)c1. The van der Waals surface area contributed by atoms with Gasteiger partial charge in [-0.05, 0) is 61.2 Å². The quantitative estimate of drug-likeness (QED) is 0.849. The zero-order chi connectivity index (χ0) is 13.0. The van der Waals surface area contributed by atoms with E-state index in [-0.39, 0.29) is 5.91 Å². The van der Waals surface area contributed by atoms with Crippen LogP contribution in [0.15, 0.2) is 53.4 Å². The van der Waals surface area contributed by atoms with Gasteiger partial charge in [-0.3, -0.25) is 9.52 Å². The summed E-state index contributed by atoms with van der Waals surface area (Å²) in [4.78, 5) is 12.9. The van der Waals surface area contributed by atoms with Crippen LogP contribution in [0.4, 0.5) is 0 Å². The van der Waals surface area contributed by atoms with Crippen LogP contribution in [0.3, 0.4) is 0 Å². The molecule has 0 aliphatic heterocycles. The highest BCUT2D eigenvalue weighted by Gasteiger charge is 2.05. The van der Waals surface area contributed by atoms with E-state index < -0.39 is 0 Å². The van der Waals surface area contributed by atoms with E-state index in [1.54, 1.807) is 12.1 Å². The smallest absolute Gasteiger partial charge is 0.261 e. The van der Waals surface area contributed by atoms with Crippen molar-refractivity contribution in [1.82, 2.24) is 4.72 Å². The van der Waals surface area contributed by atoms with Crippen molar-refractivity contribution in [2.75, 3.05) is 0 Å². The Labute approximate surface area is 112 Å². The predicted octanol–water partition coefficient (Wildman–Crippen LogP) is 3.74. The molecular formula is C15H15NOS. The molecule has 0 aromatic heterocycles. The van der Waals surface area contributed by atoms with E-state index in [0.717, 1.165) is 4.90 Å². The highest BCUT2D eigenvalue weighted by Crippen LogP contribution is 2.18. The van der Waals surface area contributed by atoms with Crippen LogP contribution in [-0.2, 0) is 0 Å². The second-order valence-electron chi connectivity index (χ2n) is 4.22. The lowest BCUT2D eigenvalue weighted by molar-refractivity contribution is 0.0984. The summed E-state index contributed by atoms with van der Waals surface area (Å²) in [6, 6.07) is 15.4. The number of carbonyl (C=O) groups excluding carboxylic acids is 1. The van der Waals surface area contributed by atoms with Crippen LogP contribution in [0.1, 0.15) is 21.5 Å². The lowest BCUT2D eigenvalue weighted by Crippen LogP contribution is -2.15. The Bertz CT molecular complexity index is 531. The van der Waals surface area contributed by atoms with Gasteiger partial charge in [0.15, 0.2) is 0 Å². The number of benzene rings is 2. The average Bonchev–Trinajstić information content (AvgIpc) is 2.36. The first-order chi connectivity index (χ1) is 8.65. The highest BCUT2D eigenvalue weighted by molar-refractivity contribution is 7.98. The average molecular weight is 257 g/mol. The molecule has 0 saturated carbocycles. The number of carbonyl (C=O) groups is 1. The van der Waals surface area contributed by atoms with Crippen LogP contribution in [0.25, 0.3) is 0 Å². The van der Waals surface area contributed by atoms with Crippen LogP contribution in [0, 0.1) is 13.8 Å². The van der Waals surface area contributed by atoms with Gasteiger partial charge in [0, 0.05) is 10.5 Å². The van der Waals surface area contributed by atoms with Gasteiger partial charge in [-0.25, -0.2) is 0 Å². The largest absolute Gasteiger partial charge is 0.292 e. The van der Waals surface area contributed by atoms with E-state index in [9.17, 15) is 4.79 Å². The minimum atomic E-state index is -0.0697. The lowest BCUT2D eigenvalue weighted by atomic mass is 10.2. The molecule has 0 heterocycles. The van der Waals surface area contributed by atoms with E-state index >= 15 is 0 Å². The second-order valence-corrected chi connectivity index (χ2v) is 5.10. The zero-order valence-corrected chi connectivity index (χ0v) is 11.3. The van der Waals surface area contributed by atoms with Crippen LogP contribution in [0.5, 0.6) is 0 Å². The molecule has 3 heteroatoms. The Balaban J connectivity index is 2.02. The first-order valence-corrected chi connectivity index (χ1v) is 6.57. The van der Waals surface area contributed by atoms with Crippen molar-refractivity contribution in [3.63, 3.8) is 0 Å². The summed E-state index contributed by atoms with van der Waals surface area (Å²) >= 11 is 1.35. The Morgan fingerprint density at radius 1 is 1.00 bits per heavy atom. The second kappa shape index (κ2) is 5.74. The third-order valence-corrected chi connectivity index (χ3v) is 3.25. The molecule has 0 radical (unpaired) electrons. The molecule has 1 N–H and O–H groups in total. The van der Waals surface area contributed by atoms with Gasteiger partial charge in [0.05, 0.1) is 0 Å². The summed E-state index contributed by atoms with van der Waals surface area (Å²) in [6.07, 6.45) is 0. The number of amides is 1. The van der Waals surface area contributed by atoms with Gasteiger partial charge in [0.25, 0.3) is 5.91 Å². The van der Waals surface area contributed by atoms with Crippen molar-refractivity contribution in [2.24, 2.45) is 0 Å². The normalized spacial score (nSPS) is 10.1. The number of nitrogens with one attached hydrogen (secondary N) is 1. The monoisotopic (exact) mass is 257 g/mol. The van der Waals surface area contributed by atoms with Gasteiger partial charge in [-0.2, -0.15) is 0 Å². The first-order valence-electron chi connectivity index (χ1n) is 5.76. The van der Waals surface area contributed by atoms with Gasteiger partial charge < -0.3 is 0 Å². The highest BCUT2D eigenvalue weighted by atomic mass is 32.2.